The maximum absolute atomic E-state index is 10.3. The highest BCUT2D eigenvalue weighted by Gasteiger charge is 2.13. The van der Waals surface area contributed by atoms with Gasteiger partial charge < -0.3 is 10.1 Å². The first-order valence-corrected chi connectivity index (χ1v) is 2.93. The van der Waals surface area contributed by atoms with E-state index in [0.29, 0.717) is 5.69 Å². The van der Waals surface area contributed by atoms with Crippen LogP contribution in [-0.2, 0) is 4.79 Å². The molecule has 0 bridgehead atoms. The van der Waals surface area contributed by atoms with Gasteiger partial charge in [0, 0.05) is 11.9 Å². The molecule has 1 aromatic heterocycles. The van der Waals surface area contributed by atoms with Gasteiger partial charge in [0.15, 0.2) is 0 Å². The van der Waals surface area contributed by atoms with Gasteiger partial charge in [0.2, 0.25) is 0 Å². The molecule has 0 aliphatic carbocycles. The molecule has 0 aromatic carbocycles. The largest absolute Gasteiger partial charge is 0.481 e. The van der Waals surface area contributed by atoms with Crippen molar-refractivity contribution < 1.29 is 9.90 Å². The molecule has 11 heavy (non-hydrogen) atoms. The molecule has 0 amide bonds. The Morgan fingerprint density at radius 3 is 2.82 bits per heavy atom. The summed E-state index contributed by atoms with van der Waals surface area (Å²) in [4.78, 5) is 16.8. The third-order valence-corrected chi connectivity index (χ3v) is 1.36. The van der Waals surface area contributed by atoms with Crippen LogP contribution in [0, 0.1) is 0 Å². The van der Waals surface area contributed by atoms with E-state index in [0.717, 1.165) is 0 Å². The molecule has 1 atom stereocenters. The standard InChI is InChI=1S/C6H8N2O2.ClH/c1-4(6(9)10)5-2-7-3-8-5;/h2-4H,1H3,(H,7,8)(H,9,10);1H. The first kappa shape index (κ1) is 9.97. The van der Waals surface area contributed by atoms with Crippen molar-refractivity contribution in [3.63, 3.8) is 0 Å². The predicted molar refractivity (Wildman–Crippen MR) is 41.9 cm³/mol. The van der Waals surface area contributed by atoms with Crippen molar-refractivity contribution in [1.29, 1.82) is 0 Å². The summed E-state index contributed by atoms with van der Waals surface area (Å²) in [6, 6.07) is 0. The lowest BCUT2D eigenvalue weighted by Gasteiger charge is -1.99. The number of imidazole rings is 1. The second kappa shape index (κ2) is 3.98. The minimum atomic E-state index is -0.843. The summed E-state index contributed by atoms with van der Waals surface area (Å²) in [5, 5.41) is 8.51. The van der Waals surface area contributed by atoms with Crippen molar-refractivity contribution in [2.75, 3.05) is 0 Å². The van der Waals surface area contributed by atoms with Crippen LogP contribution in [-0.4, -0.2) is 21.0 Å². The van der Waals surface area contributed by atoms with Gasteiger partial charge in [-0.1, -0.05) is 0 Å². The molecule has 62 valence electrons. The van der Waals surface area contributed by atoms with E-state index in [1.165, 1.54) is 12.5 Å². The van der Waals surface area contributed by atoms with Gasteiger partial charge in [-0.2, -0.15) is 0 Å². The van der Waals surface area contributed by atoms with Crippen molar-refractivity contribution in [2.24, 2.45) is 0 Å². The fourth-order valence-corrected chi connectivity index (χ4v) is 0.636. The number of aliphatic carboxylic acids is 1. The molecule has 1 rings (SSSR count). The van der Waals surface area contributed by atoms with Crippen LogP contribution in [0.25, 0.3) is 0 Å². The van der Waals surface area contributed by atoms with Crippen molar-refractivity contribution >= 4 is 18.4 Å². The van der Waals surface area contributed by atoms with Gasteiger partial charge in [0.05, 0.1) is 12.2 Å². The molecular weight excluding hydrogens is 168 g/mol. The Hall–Kier alpha value is -1.03. The van der Waals surface area contributed by atoms with E-state index >= 15 is 0 Å². The molecule has 2 N–H and O–H groups in total. The quantitative estimate of drug-likeness (QED) is 0.707. The molecule has 0 saturated carbocycles. The Balaban J connectivity index is 0.000001000. The zero-order valence-electron chi connectivity index (χ0n) is 5.94. The number of halogens is 1. The summed E-state index contributed by atoms with van der Waals surface area (Å²) in [5.74, 6) is -1.34. The topological polar surface area (TPSA) is 66.0 Å². The van der Waals surface area contributed by atoms with Crippen LogP contribution in [0.4, 0.5) is 0 Å². The van der Waals surface area contributed by atoms with Gasteiger partial charge >= 0.3 is 5.97 Å². The van der Waals surface area contributed by atoms with Crippen molar-refractivity contribution in [1.82, 2.24) is 9.97 Å². The molecule has 0 radical (unpaired) electrons. The third-order valence-electron chi connectivity index (χ3n) is 1.36. The smallest absolute Gasteiger partial charge is 0.312 e. The second-order valence-electron chi connectivity index (χ2n) is 2.07. The summed E-state index contributed by atoms with van der Waals surface area (Å²) in [5.41, 5.74) is 0.632. The number of hydrogen-bond donors (Lipinski definition) is 2. The summed E-state index contributed by atoms with van der Waals surface area (Å²) in [7, 11) is 0. The Labute approximate surface area is 70.1 Å². The predicted octanol–water partition coefficient (Wildman–Crippen LogP) is 1.02. The summed E-state index contributed by atoms with van der Waals surface area (Å²) in [6.07, 6.45) is 2.98. The highest BCUT2D eigenvalue weighted by Crippen LogP contribution is 2.09. The highest BCUT2D eigenvalue weighted by atomic mass is 35.5. The second-order valence-corrected chi connectivity index (χ2v) is 2.07. The van der Waals surface area contributed by atoms with Gasteiger partial charge in [0.25, 0.3) is 0 Å². The summed E-state index contributed by atoms with van der Waals surface area (Å²) in [6.45, 7) is 1.61. The number of carboxylic acids is 1. The van der Waals surface area contributed by atoms with Gasteiger partial charge in [0.1, 0.15) is 0 Å². The van der Waals surface area contributed by atoms with Crippen LogP contribution in [0.2, 0.25) is 0 Å². The number of nitrogens with one attached hydrogen (secondary N) is 1. The fourth-order valence-electron chi connectivity index (χ4n) is 0.636. The zero-order chi connectivity index (χ0) is 7.56. The maximum atomic E-state index is 10.3. The van der Waals surface area contributed by atoms with Gasteiger partial charge in [-0.05, 0) is 6.92 Å². The van der Waals surface area contributed by atoms with Gasteiger partial charge in [-0.25, -0.2) is 4.98 Å². The Morgan fingerprint density at radius 1 is 1.82 bits per heavy atom. The van der Waals surface area contributed by atoms with Crippen molar-refractivity contribution in [3.8, 4) is 0 Å². The molecular formula is C6H9ClN2O2. The average molecular weight is 177 g/mol. The van der Waals surface area contributed by atoms with Crippen LogP contribution < -0.4 is 0 Å². The minimum Gasteiger partial charge on any atom is -0.481 e. The molecule has 4 nitrogen and oxygen atoms in total. The highest BCUT2D eigenvalue weighted by molar-refractivity contribution is 5.85. The fraction of sp³-hybridized carbons (Fsp3) is 0.333. The zero-order valence-corrected chi connectivity index (χ0v) is 6.76. The van der Waals surface area contributed by atoms with E-state index < -0.39 is 11.9 Å². The third kappa shape index (κ3) is 2.23. The van der Waals surface area contributed by atoms with E-state index in [2.05, 4.69) is 9.97 Å². The van der Waals surface area contributed by atoms with E-state index in [4.69, 9.17) is 5.11 Å². The number of nitrogens with zero attached hydrogens (tertiary/aromatic N) is 1. The molecule has 0 aliphatic heterocycles. The van der Waals surface area contributed by atoms with Crippen LogP contribution >= 0.6 is 12.4 Å². The molecule has 0 saturated heterocycles. The van der Waals surface area contributed by atoms with Crippen LogP contribution in [0.5, 0.6) is 0 Å². The van der Waals surface area contributed by atoms with E-state index in [1.807, 2.05) is 0 Å². The minimum absolute atomic E-state index is 0. The lowest BCUT2D eigenvalue weighted by molar-refractivity contribution is -0.138. The maximum Gasteiger partial charge on any atom is 0.312 e. The molecule has 1 aromatic rings. The number of carboxylic acid groups (broad SMARTS) is 1. The SMILES string of the molecule is CC(C(=O)O)c1cnc[nH]1.Cl. The molecule has 0 spiro atoms. The Kier molecular flexibility index (Phi) is 3.60. The lowest BCUT2D eigenvalue weighted by Crippen LogP contribution is -2.07. The molecule has 0 aliphatic rings. The number of aromatic amines is 1. The van der Waals surface area contributed by atoms with Crippen LogP contribution in [0.15, 0.2) is 12.5 Å². The number of hydrogen-bond acceptors (Lipinski definition) is 2. The number of carbonyl (C=O) groups is 1. The number of aromatic nitrogens is 2. The monoisotopic (exact) mass is 176 g/mol. The van der Waals surface area contributed by atoms with Crippen molar-refractivity contribution in [3.05, 3.63) is 18.2 Å². The summed E-state index contributed by atoms with van der Waals surface area (Å²) < 4.78 is 0. The normalized spacial score (nSPS) is 11.7. The molecule has 1 heterocycles. The summed E-state index contributed by atoms with van der Waals surface area (Å²) >= 11 is 0. The number of H-pyrrole nitrogens is 1. The van der Waals surface area contributed by atoms with Gasteiger partial charge in [-0.15, -0.1) is 12.4 Å². The van der Waals surface area contributed by atoms with Crippen LogP contribution in [0.3, 0.4) is 0 Å². The lowest BCUT2D eigenvalue weighted by atomic mass is 10.1. The average Bonchev–Trinajstić information content (AvgIpc) is 2.36. The van der Waals surface area contributed by atoms with E-state index in [1.54, 1.807) is 6.92 Å². The van der Waals surface area contributed by atoms with E-state index in [-0.39, 0.29) is 12.4 Å². The number of rotatable bonds is 2. The Morgan fingerprint density at radius 2 is 2.45 bits per heavy atom. The van der Waals surface area contributed by atoms with E-state index in [9.17, 15) is 4.79 Å². The molecule has 1 unspecified atom stereocenters. The van der Waals surface area contributed by atoms with Crippen molar-refractivity contribution in [2.45, 2.75) is 12.8 Å². The van der Waals surface area contributed by atoms with Crippen LogP contribution in [0.1, 0.15) is 18.5 Å². The molecule has 0 fully saturated rings. The Bertz CT molecular complexity index is 222. The first-order valence-electron chi connectivity index (χ1n) is 2.93. The van der Waals surface area contributed by atoms with Gasteiger partial charge in [-0.3, -0.25) is 4.79 Å². The first-order chi connectivity index (χ1) is 4.72. The molecule has 5 heteroatoms.